The van der Waals surface area contributed by atoms with Crippen LogP contribution in [0.3, 0.4) is 0 Å². The van der Waals surface area contributed by atoms with Crippen molar-refractivity contribution in [1.29, 1.82) is 0 Å². The summed E-state index contributed by atoms with van der Waals surface area (Å²) >= 11 is 2.51. The summed E-state index contributed by atoms with van der Waals surface area (Å²) < 4.78 is 23.6. The molecular formula is C21H25N3O4S3. The van der Waals surface area contributed by atoms with Crippen LogP contribution in [0.5, 0.6) is 0 Å². The second-order valence-electron chi connectivity index (χ2n) is 8.22. The summed E-state index contributed by atoms with van der Waals surface area (Å²) in [4.78, 5) is 34.4. The van der Waals surface area contributed by atoms with Crippen molar-refractivity contribution < 1.29 is 18.0 Å². The highest BCUT2D eigenvalue weighted by molar-refractivity contribution is 7.98. The molecule has 0 aromatic carbocycles. The van der Waals surface area contributed by atoms with Crippen molar-refractivity contribution in [3.05, 3.63) is 40.9 Å². The summed E-state index contributed by atoms with van der Waals surface area (Å²) in [5.41, 5.74) is 0.675. The Bertz CT molecular complexity index is 1100. The van der Waals surface area contributed by atoms with Crippen molar-refractivity contribution in [2.75, 3.05) is 38.7 Å². The van der Waals surface area contributed by atoms with E-state index in [9.17, 15) is 18.0 Å². The van der Waals surface area contributed by atoms with Gasteiger partial charge in [0, 0.05) is 38.6 Å². The Labute approximate surface area is 190 Å². The van der Waals surface area contributed by atoms with Crippen molar-refractivity contribution in [3.8, 4) is 0 Å². The number of piperidine rings is 1. The zero-order chi connectivity index (χ0) is 22.2. The fourth-order valence-corrected chi connectivity index (χ4v) is 6.81. The van der Waals surface area contributed by atoms with Crippen LogP contribution in [-0.4, -0.2) is 73.7 Å². The van der Waals surface area contributed by atoms with Gasteiger partial charge in [0.15, 0.2) is 9.84 Å². The number of hydrogen-bond donors (Lipinski definition) is 0. The molecule has 0 saturated carbocycles. The Morgan fingerprint density at radius 3 is 2.35 bits per heavy atom. The highest BCUT2D eigenvalue weighted by atomic mass is 32.2. The van der Waals surface area contributed by atoms with Crippen LogP contribution < -0.4 is 0 Å². The number of carbonyl (C=O) groups is 2. The maximum atomic E-state index is 13.0. The van der Waals surface area contributed by atoms with Crippen LogP contribution in [0.4, 0.5) is 0 Å². The molecule has 0 N–H and O–H groups in total. The van der Waals surface area contributed by atoms with Crippen molar-refractivity contribution in [2.24, 2.45) is 5.41 Å². The van der Waals surface area contributed by atoms with Gasteiger partial charge in [-0.3, -0.25) is 9.59 Å². The van der Waals surface area contributed by atoms with Gasteiger partial charge in [-0.25, -0.2) is 13.4 Å². The van der Waals surface area contributed by atoms with Crippen molar-refractivity contribution in [2.45, 2.75) is 28.5 Å². The molecule has 10 heteroatoms. The van der Waals surface area contributed by atoms with E-state index in [1.165, 1.54) is 17.8 Å². The molecule has 31 heavy (non-hydrogen) atoms. The van der Waals surface area contributed by atoms with E-state index in [1.807, 2.05) is 22.1 Å². The Balaban J connectivity index is 1.39. The molecular weight excluding hydrogens is 454 g/mol. The van der Waals surface area contributed by atoms with Crippen LogP contribution in [0.25, 0.3) is 0 Å². The SMILES string of the molecule is CSc1ncccc1C(=O)N1CCC2(CCN(C(=O)c3ccc(S(C)(=O)=O)s3)C2)CC1. The van der Waals surface area contributed by atoms with Gasteiger partial charge in [0.05, 0.1) is 10.4 Å². The minimum absolute atomic E-state index is 0.0186. The molecule has 0 unspecified atom stereocenters. The van der Waals surface area contributed by atoms with Gasteiger partial charge >= 0.3 is 0 Å². The summed E-state index contributed by atoms with van der Waals surface area (Å²) in [6.07, 6.45) is 7.40. The zero-order valence-corrected chi connectivity index (χ0v) is 20.0. The predicted octanol–water partition coefficient (Wildman–Crippen LogP) is 3.04. The number of carbonyl (C=O) groups excluding carboxylic acids is 2. The second-order valence-corrected chi connectivity index (χ2v) is 12.3. The van der Waals surface area contributed by atoms with Gasteiger partial charge in [-0.1, -0.05) is 0 Å². The number of hydrogen-bond acceptors (Lipinski definition) is 7. The first kappa shape index (κ1) is 22.3. The molecule has 0 bridgehead atoms. The summed E-state index contributed by atoms with van der Waals surface area (Å²) in [5.74, 6) is -0.0830. The fourth-order valence-electron chi connectivity index (χ4n) is 4.38. The summed E-state index contributed by atoms with van der Waals surface area (Å²) in [6.45, 7) is 2.66. The number of aromatic nitrogens is 1. The maximum absolute atomic E-state index is 13.0. The van der Waals surface area contributed by atoms with Gasteiger partial charge in [-0.05, 0) is 55.2 Å². The lowest BCUT2D eigenvalue weighted by Crippen LogP contribution is -2.44. The summed E-state index contributed by atoms with van der Waals surface area (Å²) in [5, 5.41) is 0.745. The monoisotopic (exact) mass is 479 g/mol. The van der Waals surface area contributed by atoms with E-state index >= 15 is 0 Å². The number of amides is 2. The number of pyridine rings is 1. The minimum Gasteiger partial charge on any atom is -0.339 e. The lowest BCUT2D eigenvalue weighted by molar-refractivity contribution is 0.0563. The Hall–Kier alpha value is -1.91. The van der Waals surface area contributed by atoms with E-state index in [1.54, 1.807) is 18.3 Å². The topological polar surface area (TPSA) is 87.7 Å². The standard InChI is InChI=1S/C21H25N3O4S3/c1-29-18-15(4-3-10-22-18)19(25)23-11-7-21(8-12-23)9-13-24(14-21)20(26)16-5-6-17(30-16)31(2,27)28/h3-6,10H,7-9,11-14H2,1-2H3. The smallest absolute Gasteiger partial charge is 0.263 e. The quantitative estimate of drug-likeness (QED) is 0.627. The highest BCUT2D eigenvalue weighted by Gasteiger charge is 2.43. The Morgan fingerprint density at radius 1 is 1.06 bits per heavy atom. The average molecular weight is 480 g/mol. The van der Waals surface area contributed by atoms with Gasteiger partial charge < -0.3 is 9.80 Å². The summed E-state index contributed by atoms with van der Waals surface area (Å²) in [6, 6.07) is 6.73. The third kappa shape index (κ3) is 4.51. The largest absolute Gasteiger partial charge is 0.339 e. The molecule has 166 valence electrons. The van der Waals surface area contributed by atoms with Crippen molar-refractivity contribution in [3.63, 3.8) is 0 Å². The van der Waals surface area contributed by atoms with Gasteiger partial charge in [0.1, 0.15) is 9.24 Å². The first-order chi connectivity index (χ1) is 14.7. The molecule has 2 amide bonds. The molecule has 0 radical (unpaired) electrons. The second kappa shape index (κ2) is 8.55. The van der Waals surface area contributed by atoms with Gasteiger partial charge in [-0.2, -0.15) is 0 Å². The number of thioether (sulfide) groups is 1. The van der Waals surface area contributed by atoms with Crippen LogP contribution in [0.2, 0.25) is 0 Å². The number of sulfone groups is 1. The fraction of sp³-hybridized carbons (Fsp3) is 0.476. The molecule has 0 atom stereocenters. The number of thiophene rings is 1. The third-order valence-electron chi connectivity index (χ3n) is 6.19. The van der Waals surface area contributed by atoms with Crippen LogP contribution >= 0.6 is 23.1 Å². The van der Waals surface area contributed by atoms with Gasteiger partial charge in [0.25, 0.3) is 11.8 Å². The molecule has 2 aliphatic rings. The molecule has 1 spiro atoms. The molecule has 2 saturated heterocycles. The lowest BCUT2D eigenvalue weighted by atomic mass is 9.77. The normalized spacial score (nSPS) is 18.5. The first-order valence-corrected chi connectivity index (χ1v) is 14.0. The van der Waals surface area contributed by atoms with Gasteiger partial charge in [-0.15, -0.1) is 23.1 Å². The predicted molar refractivity (Wildman–Crippen MR) is 122 cm³/mol. The molecule has 4 rings (SSSR count). The van der Waals surface area contributed by atoms with Crippen molar-refractivity contribution in [1.82, 2.24) is 14.8 Å². The summed E-state index contributed by atoms with van der Waals surface area (Å²) in [7, 11) is -3.30. The third-order valence-corrected chi connectivity index (χ3v) is 9.79. The lowest BCUT2D eigenvalue weighted by Gasteiger charge is -2.39. The van der Waals surface area contributed by atoms with E-state index in [-0.39, 0.29) is 21.4 Å². The molecule has 7 nitrogen and oxygen atoms in total. The van der Waals surface area contributed by atoms with Crippen LogP contribution in [0, 0.1) is 5.41 Å². The molecule has 4 heterocycles. The molecule has 2 aromatic rings. The van der Waals surface area contributed by atoms with E-state index < -0.39 is 9.84 Å². The number of nitrogens with zero attached hydrogens (tertiary/aromatic N) is 3. The average Bonchev–Trinajstić information content (AvgIpc) is 3.41. The van der Waals surface area contributed by atoms with Gasteiger partial charge in [0.2, 0.25) is 0 Å². The molecule has 2 aromatic heterocycles. The Morgan fingerprint density at radius 2 is 1.74 bits per heavy atom. The van der Waals surface area contributed by atoms with E-state index in [2.05, 4.69) is 4.98 Å². The molecule has 2 fully saturated rings. The van der Waals surface area contributed by atoms with Crippen molar-refractivity contribution >= 4 is 44.8 Å². The zero-order valence-electron chi connectivity index (χ0n) is 17.5. The minimum atomic E-state index is -3.30. The Kier molecular flexibility index (Phi) is 6.15. The van der Waals surface area contributed by atoms with E-state index in [4.69, 9.17) is 0 Å². The molecule has 2 aliphatic heterocycles. The number of likely N-dealkylation sites (tertiary alicyclic amines) is 2. The number of rotatable bonds is 4. The molecule has 0 aliphatic carbocycles. The van der Waals surface area contributed by atoms with E-state index in [0.717, 1.165) is 41.9 Å². The van der Waals surface area contributed by atoms with Crippen LogP contribution in [0.1, 0.15) is 39.3 Å². The highest BCUT2D eigenvalue weighted by Crippen LogP contribution is 2.41. The van der Waals surface area contributed by atoms with E-state index in [0.29, 0.717) is 36.6 Å². The first-order valence-electron chi connectivity index (χ1n) is 10.1. The van der Waals surface area contributed by atoms with Crippen LogP contribution in [-0.2, 0) is 9.84 Å². The maximum Gasteiger partial charge on any atom is 0.263 e. The van der Waals surface area contributed by atoms with Crippen LogP contribution in [0.15, 0.2) is 39.7 Å².